The summed E-state index contributed by atoms with van der Waals surface area (Å²) < 4.78 is 10.4. The van der Waals surface area contributed by atoms with Gasteiger partial charge in [-0.1, -0.05) is 110 Å². The summed E-state index contributed by atoms with van der Waals surface area (Å²) in [6.07, 6.45) is 20.2. The Bertz CT molecular complexity index is 411. The highest BCUT2D eigenvalue weighted by atomic mass is 16.6. The number of esters is 2. The van der Waals surface area contributed by atoms with Gasteiger partial charge in [-0.15, -0.1) is 0 Å². The number of carbonyl (C=O) groups is 2. The van der Waals surface area contributed by atoms with Crippen molar-refractivity contribution < 1.29 is 24.2 Å². The van der Waals surface area contributed by atoms with Crippen LogP contribution in [0.3, 0.4) is 0 Å². The molecule has 0 radical (unpaired) electrons. The minimum atomic E-state index is -0.756. The summed E-state index contributed by atoms with van der Waals surface area (Å²) in [4.78, 5) is 23.7. The van der Waals surface area contributed by atoms with Crippen molar-refractivity contribution in [2.75, 3.05) is 13.2 Å². The summed E-state index contributed by atoms with van der Waals surface area (Å²) in [5, 5.41) is 9.38. The molecule has 0 aliphatic carbocycles. The summed E-state index contributed by atoms with van der Waals surface area (Å²) in [5.74, 6) is -0.598. The molecule has 1 N–H and O–H groups in total. The number of aliphatic hydroxyl groups excluding tert-OH is 1. The Balaban J connectivity index is 3.62. The fourth-order valence-corrected chi connectivity index (χ4v) is 3.61. The van der Waals surface area contributed by atoms with Crippen LogP contribution < -0.4 is 0 Å². The van der Waals surface area contributed by atoms with Gasteiger partial charge in [0, 0.05) is 12.8 Å². The predicted molar refractivity (Wildman–Crippen MR) is 127 cm³/mol. The molecule has 5 nitrogen and oxygen atoms in total. The topological polar surface area (TPSA) is 72.8 Å². The van der Waals surface area contributed by atoms with Gasteiger partial charge in [0.25, 0.3) is 0 Å². The van der Waals surface area contributed by atoms with E-state index in [0.717, 1.165) is 38.5 Å². The molecular weight excluding hydrogens is 392 g/mol. The average Bonchev–Trinajstić information content (AvgIpc) is 2.77. The third-order valence-corrected chi connectivity index (χ3v) is 5.65. The molecular formula is C26H50O5. The zero-order valence-corrected chi connectivity index (χ0v) is 20.5. The average molecular weight is 443 g/mol. The molecule has 0 amide bonds. The SMILES string of the molecule is CCCCCCCCCCCCC(=O)O[C@@H](CO)COC(=O)CCCCCCCCC. The molecule has 0 aliphatic rings. The Morgan fingerprint density at radius 2 is 1.00 bits per heavy atom. The van der Waals surface area contributed by atoms with E-state index in [4.69, 9.17) is 9.47 Å². The lowest BCUT2D eigenvalue weighted by atomic mass is 10.1. The van der Waals surface area contributed by atoms with Crippen LogP contribution in [0.15, 0.2) is 0 Å². The standard InChI is InChI=1S/C26H50O5/c1-3-5-7-9-11-12-13-15-17-19-21-26(29)31-24(22-27)23-30-25(28)20-18-16-14-10-8-6-4-2/h24,27H,3-23H2,1-2H3/t24-/m0/s1. The van der Waals surface area contributed by atoms with Crippen LogP contribution in [0.2, 0.25) is 0 Å². The van der Waals surface area contributed by atoms with Crippen molar-refractivity contribution in [3.05, 3.63) is 0 Å². The summed E-state index contributed by atoms with van der Waals surface area (Å²) in [7, 11) is 0. The fourth-order valence-electron chi connectivity index (χ4n) is 3.61. The normalized spacial score (nSPS) is 12.0. The zero-order valence-electron chi connectivity index (χ0n) is 20.5. The Kier molecular flexibility index (Phi) is 22.7. The Morgan fingerprint density at radius 1 is 0.613 bits per heavy atom. The van der Waals surface area contributed by atoms with E-state index in [2.05, 4.69) is 13.8 Å². The minimum absolute atomic E-state index is 0.0599. The van der Waals surface area contributed by atoms with E-state index in [1.165, 1.54) is 70.6 Å². The van der Waals surface area contributed by atoms with Gasteiger partial charge in [0.05, 0.1) is 6.61 Å². The van der Waals surface area contributed by atoms with Crippen LogP contribution >= 0.6 is 0 Å². The second-order valence-corrected chi connectivity index (χ2v) is 8.78. The minimum Gasteiger partial charge on any atom is -0.462 e. The first-order valence-electron chi connectivity index (χ1n) is 13.1. The van der Waals surface area contributed by atoms with E-state index in [1.54, 1.807) is 0 Å². The second kappa shape index (κ2) is 23.6. The molecule has 0 saturated carbocycles. The molecule has 0 fully saturated rings. The van der Waals surface area contributed by atoms with Gasteiger partial charge in [-0.25, -0.2) is 0 Å². The smallest absolute Gasteiger partial charge is 0.306 e. The maximum atomic E-state index is 11.9. The zero-order chi connectivity index (χ0) is 23.0. The van der Waals surface area contributed by atoms with E-state index < -0.39 is 6.10 Å². The third-order valence-electron chi connectivity index (χ3n) is 5.65. The molecule has 0 rings (SSSR count). The first-order chi connectivity index (χ1) is 15.1. The number of hydrogen-bond donors (Lipinski definition) is 1. The molecule has 0 aromatic heterocycles. The Labute approximate surface area is 191 Å². The summed E-state index contributed by atoms with van der Waals surface area (Å²) in [5.41, 5.74) is 0. The molecule has 0 aliphatic heterocycles. The van der Waals surface area contributed by atoms with Crippen LogP contribution in [0.25, 0.3) is 0 Å². The number of ether oxygens (including phenoxy) is 2. The lowest BCUT2D eigenvalue weighted by Crippen LogP contribution is -2.28. The number of unbranched alkanes of at least 4 members (excludes halogenated alkanes) is 15. The molecule has 0 saturated heterocycles. The van der Waals surface area contributed by atoms with Gasteiger partial charge in [0.15, 0.2) is 6.10 Å². The number of carbonyl (C=O) groups excluding carboxylic acids is 2. The van der Waals surface area contributed by atoms with Crippen LogP contribution in [-0.2, 0) is 19.1 Å². The van der Waals surface area contributed by atoms with Crippen LogP contribution in [0.4, 0.5) is 0 Å². The lowest BCUT2D eigenvalue weighted by molar-refractivity contribution is -0.161. The van der Waals surface area contributed by atoms with Crippen LogP contribution in [-0.4, -0.2) is 36.4 Å². The molecule has 0 spiro atoms. The van der Waals surface area contributed by atoms with Crippen molar-refractivity contribution in [2.24, 2.45) is 0 Å². The van der Waals surface area contributed by atoms with E-state index in [9.17, 15) is 14.7 Å². The molecule has 1 atom stereocenters. The van der Waals surface area contributed by atoms with Gasteiger partial charge in [-0.3, -0.25) is 9.59 Å². The summed E-state index contributed by atoms with van der Waals surface area (Å²) in [6, 6.07) is 0. The largest absolute Gasteiger partial charge is 0.462 e. The Morgan fingerprint density at radius 3 is 1.42 bits per heavy atom. The maximum Gasteiger partial charge on any atom is 0.306 e. The number of rotatable bonds is 23. The van der Waals surface area contributed by atoms with Gasteiger partial charge < -0.3 is 14.6 Å². The van der Waals surface area contributed by atoms with E-state index in [0.29, 0.717) is 12.8 Å². The lowest BCUT2D eigenvalue weighted by Gasteiger charge is -2.15. The van der Waals surface area contributed by atoms with E-state index in [1.807, 2.05) is 0 Å². The van der Waals surface area contributed by atoms with Gasteiger partial charge in [-0.05, 0) is 12.8 Å². The van der Waals surface area contributed by atoms with Crippen molar-refractivity contribution in [3.8, 4) is 0 Å². The maximum absolute atomic E-state index is 11.9. The number of aliphatic hydroxyl groups is 1. The highest BCUT2D eigenvalue weighted by molar-refractivity contribution is 5.70. The van der Waals surface area contributed by atoms with Crippen LogP contribution in [0, 0.1) is 0 Å². The first-order valence-corrected chi connectivity index (χ1v) is 13.1. The monoisotopic (exact) mass is 442 g/mol. The van der Waals surface area contributed by atoms with Crippen molar-refractivity contribution in [1.82, 2.24) is 0 Å². The molecule has 0 aromatic rings. The fraction of sp³-hybridized carbons (Fsp3) is 0.923. The van der Waals surface area contributed by atoms with Gasteiger partial charge in [0.2, 0.25) is 0 Å². The highest BCUT2D eigenvalue weighted by Crippen LogP contribution is 2.12. The molecule has 31 heavy (non-hydrogen) atoms. The van der Waals surface area contributed by atoms with Crippen LogP contribution in [0.1, 0.15) is 136 Å². The third kappa shape index (κ3) is 21.9. The Hall–Kier alpha value is -1.10. The molecule has 0 heterocycles. The second-order valence-electron chi connectivity index (χ2n) is 8.78. The van der Waals surface area contributed by atoms with Gasteiger partial charge in [-0.2, -0.15) is 0 Å². The van der Waals surface area contributed by atoms with Crippen molar-refractivity contribution in [2.45, 2.75) is 142 Å². The quantitative estimate of drug-likeness (QED) is 0.138. The summed E-state index contributed by atoms with van der Waals surface area (Å²) in [6.45, 7) is 4.05. The number of hydrogen-bond acceptors (Lipinski definition) is 5. The summed E-state index contributed by atoms with van der Waals surface area (Å²) >= 11 is 0. The first kappa shape index (κ1) is 29.9. The highest BCUT2D eigenvalue weighted by Gasteiger charge is 2.16. The van der Waals surface area contributed by atoms with Gasteiger partial charge >= 0.3 is 11.9 Å². The predicted octanol–water partition coefficient (Wildman–Crippen LogP) is 6.89. The van der Waals surface area contributed by atoms with Crippen molar-refractivity contribution in [3.63, 3.8) is 0 Å². The molecule has 0 unspecified atom stereocenters. The molecule has 184 valence electrons. The van der Waals surface area contributed by atoms with Gasteiger partial charge in [0.1, 0.15) is 6.61 Å². The van der Waals surface area contributed by atoms with E-state index in [-0.39, 0.29) is 25.2 Å². The van der Waals surface area contributed by atoms with E-state index >= 15 is 0 Å². The molecule has 0 aromatic carbocycles. The van der Waals surface area contributed by atoms with Crippen molar-refractivity contribution in [1.29, 1.82) is 0 Å². The van der Waals surface area contributed by atoms with Crippen molar-refractivity contribution >= 4 is 11.9 Å². The molecule has 0 bridgehead atoms. The van der Waals surface area contributed by atoms with Crippen LogP contribution in [0.5, 0.6) is 0 Å². The molecule has 5 heteroatoms.